The van der Waals surface area contributed by atoms with E-state index >= 15 is 0 Å². The molecule has 0 fully saturated rings. The molecule has 0 aliphatic heterocycles. The van der Waals surface area contributed by atoms with Gasteiger partial charge in [0.25, 0.3) is 6.43 Å². The number of aromatic nitrogens is 1. The molecule has 0 N–H and O–H groups in total. The van der Waals surface area contributed by atoms with Gasteiger partial charge in [0.1, 0.15) is 0 Å². The highest BCUT2D eigenvalue weighted by molar-refractivity contribution is 14.1. The standard InChI is InChI=1S/C8H4BrF5IN/c9-1-4-6(8(12,13)14)5(7(10)11)3(15)2-16-4/h2,7H,1H2. The average molecular weight is 416 g/mol. The van der Waals surface area contributed by atoms with Crippen LogP contribution in [0.15, 0.2) is 6.20 Å². The van der Waals surface area contributed by atoms with Crippen LogP contribution in [0.1, 0.15) is 23.2 Å². The van der Waals surface area contributed by atoms with E-state index in [2.05, 4.69) is 20.9 Å². The van der Waals surface area contributed by atoms with Crippen molar-refractivity contribution in [3.05, 3.63) is 26.6 Å². The summed E-state index contributed by atoms with van der Waals surface area (Å²) in [7, 11) is 0. The first-order chi connectivity index (χ1) is 7.29. The van der Waals surface area contributed by atoms with Gasteiger partial charge in [-0.25, -0.2) is 8.78 Å². The van der Waals surface area contributed by atoms with Gasteiger partial charge in [0, 0.05) is 20.7 Å². The number of pyridine rings is 1. The zero-order valence-electron chi connectivity index (χ0n) is 7.45. The van der Waals surface area contributed by atoms with Crippen molar-refractivity contribution in [3.63, 3.8) is 0 Å². The maximum absolute atomic E-state index is 12.6. The lowest BCUT2D eigenvalue weighted by molar-refractivity contribution is -0.140. The Bertz CT molecular complexity index is 393. The largest absolute Gasteiger partial charge is 0.418 e. The third-order valence-corrected chi connectivity index (χ3v) is 3.17. The summed E-state index contributed by atoms with van der Waals surface area (Å²) in [5.41, 5.74) is -2.77. The smallest absolute Gasteiger partial charge is 0.259 e. The number of hydrogen-bond acceptors (Lipinski definition) is 1. The Balaban J connectivity index is 3.56. The molecule has 1 rings (SSSR count). The minimum atomic E-state index is -4.83. The van der Waals surface area contributed by atoms with Gasteiger partial charge in [-0.05, 0) is 22.6 Å². The average Bonchev–Trinajstić information content (AvgIpc) is 2.15. The Morgan fingerprint density at radius 2 is 1.94 bits per heavy atom. The molecule has 1 nitrogen and oxygen atoms in total. The van der Waals surface area contributed by atoms with Crippen LogP contribution in [0, 0.1) is 3.57 Å². The quantitative estimate of drug-likeness (QED) is 0.392. The molecule has 0 atom stereocenters. The second-order valence-corrected chi connectivity index (χ2v) is 4.50. The Kier molecular flexibility index (Phi) is 4.49. The number of nitrogens with zero attached hydrogens (tertiary/aromatic N) is 1. The van der Waals surface area contributed by atoms with E-state index in [0.717, 1.165) is 6.20 Å². The number of alkyl halides is 6. The van der Waals surface area contributed by atoms with E-state index in [-0.39, 0.29) is 8.90 Å². The van der Waals surface area contributed by atoms with E-state index in [1.165, 1.54) is 22.6 Å². The van der Waals surface area contributed by atoms with Crippen LogP contribution >= 0.6 is 38.5 Å². The highest BCUT2D eigenvalue weighted by Gasteiger charge is 2.39. The van der Waals surface area contributed by atoms with Gasteiger partial charge < -0.3 is 0 Å². The van der Waals surface area contributed by atoms with Crippen LogP contribution in [0.25, 0.3) is 0 Å². The van der Waals surface area contributed by atoms with Gasteiger partial charge in [-0.2, -0.15) is 13.2 Å². The van der Waals surface area contributed by atoms with Gasteiger partial charge in [0.05, 0.1) is 11.3 Å². The molecule has 0 amide bonds. The fourth-order valence-corrected chi connectivity index (χ4v) is 2.24. The highest BCUT2D eigenvalue weighted by Crippen LogP contribution is 2.40. The lowest BCUT2D eigenvalue weighted by atomic mass is 10.1. The monoisotopic (exact) mass is 415 g/mol. The molecule has 0 bridgehead atoms. The van der Waals surface area contributed by atoms with Crippen LogP contribution in [-0.2, 0) is 11.5 Å². The molecule has 16 heavy (non-hydrogen) atoms. The highest BCUT2D eigenvalue weighted by atomic mass is 127. The third-order valence-electron chi connectivity index (χ3n) is 1.78. The van der Waals surface area contributed by atoms with Crippen molar-refractivity contribution in [2.24, 2.45) is 0 Å². The van der Waals surface area contributed by atoms with Crippen molar-refractivity contribution in [2.45, 2.75) is 17.9 Å². The summed E-state index contributed by atoms with van der Waals surface area (Å²) in [5.74, 6) is 0. The van der Waals surface area contributed by atoms with E-state index in [9.17, 15) is 22.0 Å². The molecule has 1 heterocycles. The normalized spacial score (nSPS) is 12.2. The lowest BCUT2D eigenvalue weighted by Crippen LogP contribution is -2.15. The summed E-state index contributed by atoms with van der Waals surface area (Å²) in [6, 6.07) is 0. The molecule has 0 saturated heterocycles. The molecule has 0 unspecified atom stereocenters. The predicted molar refractivity (Wildman–Crippen MR) is 59.5 cm³/mol. The van der Waals surface area contributed by atoms with Gasteiger partial charge in [-0.3, -0.25) is 4.98 Å². The van der Waals surface area contributed by atoms with Gasteiger partial charge in [-0.1, -0.05) is 15.9 Å². The van der Waals surface area contributed by atoms with Crippen molar-refractivity contribution in [1.82, 2.24) is 4.98 Å². The Morgan fingerprint density at radius 3 is 2.31 bits per heavy atom. The van der Waals surface area contributed by atoms with Gasteiger partial charge >= 0.3 is 6.18 Å². The van der Waals surface area contributed by atoms with Gasteiger partial charge in [0.2, 0.25) is 0 Å². The van der Waals surface area contributed by atoms with Crippen LogP contribution in [0.2, 0.25) is 0 Å². The fourth-order valence-electron chi connectivity index (χ4n) is 1.17. The van der Waals surface area contributed by atoms with Crippen LogP contribution in [0.4, 0.5) is 22.0 Å². The second kappa shape index (κ2) is 5.11. The topological polar surface area (TPSA) is 12.9 Å². The summed E-state index contributed by atoms with van der Waals surface area (Å²) < 4.78 is 62.9. The van der Waals surface area contributed by atoms with Crippen LogP contribution in [-0.4, -0.2) is 4.98 Å². The van der Waals surface area contributed by atoms with Crippen molar-refractivity contribution >= 4 is 38.5 Å². The van der Waals surface area contributed by atoms with Crippen molar-refractivity contribution in [1.29, 1.82) is 0 Å². The lowest BCUT2D eigenvalue weighted by Gasteiger charge is -2.16. The van der Waals surface area contributed by atoms with Crippen molar-refractivity contribution in [2.75, 3.05) is 0 Å². The van der Waals surface area contributed by atoms with Crippen LogP contribution in [0.3, 0.4) is 0 Å². The van der Waals surface area contributed by atoms with Gasteiger partial charge in [-0.15, -0.1) is 0 Å². The van der Waals surface area contributed by atoms with Crippen LogP contribution in [0.5, 0.6) is 0 Å². The first kappa shape index (κ1) is 14.1. The van der Waals surface area contributed by atoms with Crippen molar-refractivity contribution in [3.8, 4) is 0 Å². The molecule has 0 aromatic carbocycles. The Labute approximate surface area is 110 Å². The van der Waals surface area contributed by atoms with E-state index in [1.54, 1.807) is 0 Å². The molecule has 1 aromatic heterocycles. The fraction of sp³-hybridized carbons (Fsp3) is 0.375. The minimum absolute atomic E-state index is 0.190. The Morgan fingerprint density at radius 1 is 1.38 bits per heavy atom. The molecule has 8 heteroatoms. The molecule has 0 radical (unpaired) electrons. The van der Waals surface area contributed by atoms with E-state index < -0.39 is 29.4 Å². The summed E-state index contributed by atoms with van der Waals surface area (Å²) in [6.07, 6.45) is -7.00. The molecule has 1 aromatic rings. The maximum Gasteiger partial charge on any atom is 0.418 e. The Hall–Kier alpha value is 0.01000. The summed E-state index contributed by atoms with van der Waals surface area (Å²) in [4.78, 5) is 3.50. The van der Waals surface area contributed by atoms with Crippen molar-refractivity contribution < 1.29 is 22.0 Å². The molecule has 90 valence electrons. The second-order valence-electron chi connectivity index (χ2n) is 2.77. The third kappa shape index (κ3) is 2.82. The maximum atomic E-state index is 12.6. The number of rotatable bonds is 2. The minimum Gasteiger partial charge on any atom is -0.259 e. The molecule has 0 saturated carbocycles. The zero-order valence-corrected chi connectivity index (χ0v) is 11.2. The molecular weight excluding hydrogens is 412 g/mol. The SMILES string of the molecule is FC(F)c1c(I)cnc(CBr)c1C(F)(F)F. The zero-order chi connectivity index (χ0) is 12.5. The van der Waals surface area contributed by atoms with Crippen LogP contribution < -0.4 is 0 Å². The molecule has 0 aliphatic carbocycles. The molecular formula is C8H4BrF5IN. The molecule has 0 aliphatic rings. The first-order valence-electron chi connectivity index (χ1n) is 3.87. The van der Waals surface area contributed by atoms with E-state index in [0.29, 0.717) is 0 Å². The summed E-state index contributed by atoms with van der Waals surface area (Å²) in [6.45, 7) is 0. The molecule has 0 spiro atoms. The van der Waals surface area contributed by atoms with E-state index in [1.807, 2.05) is 0 Å². The van der Waals surface area contributed by atoms with E-state index in [4.69, 9.17) is 0 Å². The number of hydrogen-bond donors (Lipinski definition) is 0. The van der Waals surface area contributed by atoms with Gasteiger partial charge in [0.15, 0.2) is 0 Å². The summed E-state index contributed by atoms with van der Waals surface area (Å²) >= 11 is 4.22. The summed E-state index contributed by atoms with van der Waals surface area (Å²) in [5, 5.41) is -0.224. The number of halogens is 7. The first-order valence-corrected chi connectivity index (χ1v) is 6.07. The predicted octanol–water partition coefficient (Wildman–Crippen LogP) is 4.54.